The summed E-state index contributed by atoms with van der Waals surface area (Å²) in [5, 5.41) is 8.99. The van der Waals surface area contributed by atoms with E-state index in [0.29, 0.717) is 13.0 Å². The summed E-state index contributed by atoms with van der Waals surface area (Å²) in [7, 11) is 1.65. The number of rotatable bonds is 6. The molecule has 1 aromatic heterocycles. The van der Waals surface area contributed by atoms with Crippen LogP contribution in [0, 0.1) is 0 Å². The van der Waals surface area contributed by atoms with Gasteiger partial charge in [-0.15, -0.1) is 11.3 Å². The highest BCUT2D eigenvalue weighted by Gasteiger charge is 2.10. The Morgan fingerprint density at radius 2 is 2.47 bits per heavy atom. The summed E-state index contributed by atoms with van der Waals surface area (Å²) in [6.07, 6.45) is 3.31. The van der Waals surface area contributed by atoms with Gasteiger partial charge in [-0.1, -0.05) is 6.92 Å². The van der Waals surface area contributed by atoms with Crippen LogP contribution in [-0.2, 0) is 4.79 Å². The molecular formula is C10H17N3OS. The Labute approximate surface area is 94.1 Å². The lowest BCUT2D eigenvalue weighted by atomic mass is 10.2. The maximum Gasteiger partial charge on any atom is 0.221 e. The Balaban J connectivity index is 2.32. The summed E-state index contributed by atoms with van der Waals surface area (Å²) in [6, 6.07) is 0.273. The third-order valence-electron chi connectivity index (χ3n) is 2.18. The van der Waals surface area contributed by atoms with Crippen LogP contribution in [0.4, 0.5) is 0 Å². The second kappa shape index (κ2) is 6.53. The molecule has 15 heavy (non-hydrogen) atoms. The van der Waals surface area contributed by atoms with Gasteiger partial charge in [0.2, 0.25) is 5.91 Å². The minimum atomic E-state index is 0.0662. The van der Waals surface area contributed by atoms with Gasteiger partial charge in [-0.3, -0.25) is 4.79 Å². The number of amides is 1. The van der Waals surface area contributed by atoms with Crippen molar-refractivity contribution < 1.29 is 4.79 Å². The molecule has 0 aliphatic carbocycles. The van der Waals surface area contributed by atoms with Crippen LogP contribution in [0.5, 0.6) is 0 Å². The molecule has 0 saturated carbocycles. The lowest BCUT2D eigenvalue weighted by Gasteiger charge is -2.13. The molecule has 0 bridgehead atoms. The molecule has 0 fully saturated rings. The highest BCUT2D eigenvalue weighted by molar-refractivity contribution is 7.09. The molecule has 1 unspecified atom stereocenters. The van der Waals surface area contributed by atoms with E-state index in [4.69, 9.17) is 0 Å². The summed E-state index contributed by atoms with van der Waals surface area (Å²) in [5.74, 6) is 0.0662. The van der Waals surface area contributed by atoms with Gasteiger partial charge in [0, 0.05) is 31.6 Å². The SMILES string of the molecule is CCC(NCCC(=O)NC)c1nccs1. The molecule has 84 valence electrons. The normalized spacial score (nSPS) is 12.4. The van der Waals surface area contributed by atoms with Gasteiger partial charge in [0.1, 0.15) is 5.01 Å². The summed E-state index contributed by atoms with van der Waals surface area (Å²) >= 11 is 1.65. The van der Waals surface area contributed by atoms with E-state index in [1.54, 1.807) is 18.4 Å². The Kier molecular flexibility index (Phi) is 5.28. The van der Waals surface area contributed by atoms with Crippen molar-refractivity contribution in [2.45, 2.75) is 25.8 Å². The Hall–Kier alpha value is -0.940. The molecule has 1 aromatic rings. The molecule has 5 heteroatoms. The van der Waals surface area contributed by atoms with Crippen LogP contribution in [0.2, 0.25) is 0 Å². The first-order chi connectivity index (χ1) is 7.27. The fourth-order valence-electron chi connectivity index (χ4n) is 1.30. The van der Waals surface area contributed by atoms with Crippen LogP contribution in [0.1, 0.15) is 30.8 Å². The van der Waals surface area contributed by atoms with Crippen LogP contribution < -0.4 is 10.6 Å². The van der Waals surface area contributed by atoms with Crippen molar-refractivity contribution in [3.63, 3.8) is 0 Å². The summed E-state index contributed by atoms with van der Waals surface area (Å²) in [6.45, 7) is 2.80. The van der Waals surface area contributed by atoms with Gasteiger partial charge in [-0.25, -0.2) is 4.98 Å². The monoisotopic (exact) mass is 227 g/mol. The summed E-state index contributed by atoms with van der Waals surface area (Å²) in [4.78, 5) is 15.3. The smallest absolute Gasteiger partial charge is 0.221 e. The van der Waals surface area contributed by atoms with Crippen molar-refractivity contribution in [1.82, 2.24) is 15.6 Å². The van der Waals surface area contributed by atoms with E-state index in [-0.39, 0.29) is 11.9 Å². The summed E-state index contributed by atoms with van der Waals surface area (Å²) in [5.41, 5.74) is 0. The minimum Gasteiger partial charge on any atom is -0.359 e. The molecule has 0 spiro atoms. The first-order valence-corrected chi connectivity index (χ1v) is 5.99. The van der Waals surface area contributed by atoms with E-state index in [0.717, 1.165) is 11.4 Å². The molecular weight excluding hydrogens is 210 g/mol. The number of aromatic nitrogens is 1. The van der Waals surface area contributed by atoms with Crippen molar-refractivity contribution in [2.24, 2.45) is 0 Å². The molecule has 0 aliphatic heterocycles. The quantitative estimate of drug-likeness (QED) is 0.770. The van der Waals surface area contributed by atoms with E-state index in [9.17, 15) is 4.79 Å². The largest absolute Gasteiger partial charge is 0.359 e. The van der Waals surface area contributed by atoms with E-state index in [1.807, 2.05) is 11.6 Å². The second-order valence-corrected chi connectivity index (χ2v) is 4.13. The van der Waals surface area contributed by atoms with Crippen LogP contribution in [-0.4, -0.2) is 24.5 Å². The first kappa shape index (κ1) is 12.1. The first-order valence-electron chi connectivity index (χ1n) is 5.11. The predicted octanol–water partition coefficient (Wildman–Crippen LogP) is 1.32. The highest BCUT2D eigenvalue weighted by Crippen LogP contribution is 2.18. The third-order valence-corrected chi connectivity index (χ3v) is 3.07. The molecule has 2 N–H and O–H groups in total. The molecule has 0 radical (unpaired) electrons. The van der Waals surface area contributed by atoms with Crippen molar-refractivity contribution in [3.8, 4) is 0 Å². The molecule has 4 nitrogen and oxygen atoms in total. The fraction of sp³-hybridized carbons (Fsp3) is 0.600. The molecule has 0 saturated heterocycles. The molecule has 1 atom stereocenters. The molecule has 1 heterocycles. The van der Waals surface area contributed by atoms with Crippen LogP contribution in [0.25, 0.3) is 0 Å². The predicted molar refractivity (Wildman–Crippen MR) is 61.8 cm³/mol. The number of hydrogen-bond donors (Lipinski definition) is 2. The van der Waals surface area contributed by atoms with Gasteiger partial charge in [0.25, 0.3) is 0 Å². The minimum absolute atomic E-state index is 0.0662. The Bertz CT molecular complexity index is 287. The van der Waals surface area contributed by atoms with Gasteiger partial charge < -0.3 is 10.6 Å². The Morgan fingerprint density at radius 1 is 1.67 bits per heavy atom. The zero-order valence-electron chi connectivity index (χ0n) is 9.12. The Morgan fingerprint density at radius 3 is 3.00 bits per heavy atom. The lowest BCUT2D eigenvalue weighted by Crippen LogP contribution is -2.27. The number of carbonyl (C=O) groups excluding carboxylic acids is 1. The van der Waals surface area contributed by atoms with Gasteiger partial charge in [-0.2, -0.15) is 0 Å². The standard InChI is InChI=1S/C10H17N3OS/c1-3-8(10-13-6-7-15-10)12-5-4-9(14)11-2/h6-8,12H,3-5H2,1-2H3,(H,11,14). The van der Waals surface area contributed by atoms with E-state index in [1.165, 1.54) is 0 Å². The summed E-state index contributed by atoms with van der Waals surface area (Å²) < 4.78 is 0. The number of nitrogens with one attached hydrogen (secondary N) is 2. The average Bonchev–Trinajstić information content (AvgIpc) is 2.77. The van der Waals surface area contributed by atoms with Gasteiger partial charge in [0.15, 0.2) is 0 Å². The van der Waals surface area contributed by atoms with E-state index < -0.39 is 0 Å². The number of nitrogens with zero attached hydrogens (tertiary/aromatic N) is 1. The molecule has 0 aromatic carbocycles. The van der Waals surface area contributed by atoms with E-state index >= 15 is 0 Å². The maximum absolute atomic E-state index is 11.0. The van der Waals surface area contributed by atoms with Crippen molar-refractivity contribution in [1.29, 1.82) is 0 Å². The molecule has 1 rings (SSSR count). The molecule has 1 amide bonds. The number of hydrogen-bond acceptors (Lipinski definition) is 4. The zero-order chi connectivity index (χ0) is 11.1. The number of thiazole rings is 1. The second-order valence-electron chi connectivity index (χ2n) is 3.21. The number of carbonyl (C=O) groups is 1. The van der Waals surface area contributed by atoms with Crippen LogP contribution >= 0.6 is 11.3 Å². The maximum atomic E-state index is 11.0. The zero-order valence-corrected chi connectivity index (χ0v) is 9.93. The van der Waals surface area contributed by atoms with Gasteiger partial charge in [0.05, 0.1) is 6.04 Å². The third kappa shape index (κ3) is 3.97. The van der Waals surface area contributed by atoms with Crippen molar-refractivity contribution >= 4 is 17.2 Å². The van der Waals surface area contributed by atoms with Crippen molar-refractivity contribution in [3.05, 3.63) is 16.6 Å². The van der Waals surface area contributed by atoms with Crippen LogP contribution in [0.3, 0.4) is 0 Å². The van der Waals surface area contributed by atoms with Gasteiger partial charge in [-0.05, 0) is 6.42 Å². The lowest BCUT2D eigenvalue weighted by molar-refractivity contribution is -0.120. The van der Waals surface area contributed by atoms with Crippen molar-refractivity contribution in [2.75, 3.05) is 13.6 Å². The topological polar surface area (TPSA) is 54.0 Å². The van der Waals surface area contributed by atoms with E-state index in [2.05, 4.69) is 22.5 Å². The average molecular weight is 227 g/mol. The van der Waals surface area contributed by atoms with Gasteiger partial charge >= 0.3 is 0 Å². The highest BCUT2D eigenvalue weighted by atomic mass is 32.1. The molecule has 0 aliphatic rings. The van der Waals surface area contributed by atoms with Crippen LogP contribution in [0.15, 0.2) is 11.6 Å². The fourth-order valence-corrected chi connectivity index (χ4v) is 2.09.